The summed E-state index contributed by atoms with van der Waals surface area (Å²) < 4.78 is 0. The van der Waals surface area contributed by atoms with E-state index in [4.69, 9.17) is 5.11 Å². The smallest absolute Gasteiger partial charge is 0.338 e. The van der Waals surface area contributed by atoms with Crippen molar-refractivity contribution in [2.45, 2.75) is 18.4 Å². The van der Waals surface area contributed by atoms with Gasteiger partial charge in [0.25, 0.3) is 0 Å². The lowest BCUT2D eigenvalue weighted by Crippen LogP contribution is -2.28. The van der Waals surface area contributed by atoms with Crippen LogP contribution in [-0.4, -0.2) is 16.7 Å². The van der Waals surface area contributed by atoms with Crippen LogP contribution in [0.4, 0.5) is 0 Å². The molecule has 4 nitrogen and oxygen atoms in total. The van der Waals surface area contributed by atoms with Gasteiger partial charge in [-0.25, -0.2) is 10.7 Å². The van der Waals surface area contributed by atoms with Crippen molar-refractivity contribution in [3.8, 4) is 0 Å². The Bertz CT molecular complexity index is 118. The second-order valence-electron chi connectivity index (χ2n) is 1.92. The lowest BCUT2D eigenvalue weighted by Gasteiger charge is -2.02. The number of hydrogen-bond donors (Lipinski definition) is 2. The molecular formula is C4H7NO3. The summed E-state index contributed by atoms with van der Waals surface area (Å²) in [6.45, 7) is 0. The van der Waals surface area contributed by atoms with E-state index in [1.165, 1.54) is 0 Å². The zero-order valence-electron chi connectivity index (χ0n) is 4.26. The van der Waals surface area contributed by atoms with Gasteiger partial charge < -0.3 is 5.11 Å². The Balaban J connectivity index is 2.53. The average Bonchev–Trinajstić information content (AvgIpc) is 2.44. The van der Waals surface area contributed by atoms with Gasteiger partial charge in [-0.15, -0.1) is 0 Å². The number of hydrogen-bond acceptors (Lipinski definition) is 3. The molecule has 1 saturated carbocycles. The van der Waals surface area contributed by atoms with Crippen molar-refractivity contribution in [2.75, 3.05) is 0 Å². The van der Waals surface area contributed by atoms with Crippen LogP contribution in [0.3, 0.4) is 0 Å². The molecule has 1 fully saturated rings. The van der Waals surface area contributed by atoms with E-state index in [2.05, 4.69) is 10.7 Å². The Morgan fingerprint density at radius 2 is 2.25 bits per heavy atom. The minimum atomic E-state index is -1.01. The van der Waals surface area contributed by atoms with Crippen LogP contribution in [0.25, 0.3) is 0 Å². The van der Waals surface area contributed by atoms with E-state index in [-0.39, 0.29) is 0 Å². The average molecular weight is 117 g/mol. The predicted octanol–water partition coefficient (Wildman–Crippen LogP) is -0.506. The molecule has 0 bridgehead atoms. The normalized spacial score (nSPS) is 22.6. The van der Waals surface area contributed by atoms with Gasteiger partial charge in [0.1, 0.15) is 0 Å². The SMILES string of the molecule is NOC1(C(=O)O)CC1. The predicted molar refractivity (Wildman–Crippen MR) is 24.9 cm³/mol. The molecular weight excluding hydrogens is 110 g/mol. The molecule has 3 N–H and O–H groups in total. The van der Waals surface area contributed by atoms with Crippen LogP contribution >= 0.6 is 0 Å². The second kappa shape index (κ2) is 1.43. The van der Waals surface area contributed by atoms with E-state index in [0.717, 1.165) is 0 Å². The highest BCUT2D eigenvalue weighted by molar-refractivity contribution is 5.80. The summed E-state index contributed by atoms with van der Waals surface area (Å²) in [5.74, 6) is 3.73. The van der Waals surface area contributed by atoms with Crippen LogP contribution < -0.4 is 5.90 Å². The van der Waals surface area contributed by atoms with Crippen LogP contribution in [0, 0.1) is 0 Å². The van der Waals surface area contributed by atoms with Gasteiger partial charge in [-0.05, 0) is 12.8 Å². The Kier molecular flexibility index (Phi) is 0.988. The van der Waals surface area contributed by atoms with E-state index in [9.17, 15) is 4.79 Å². The molecule has 0 amide bonds. The number of carbonyl (C=O) groups is 1. The molecule has 0 unspecified atom stereocenters. The maximum Gasteiger partial charge on any atom is 0.338 e. The summed E-state index contributed by atoms with van der Waals surface area (Å²) in [6.07, 6.45) is 1.08. The minimum Gasteiger partial charge on any atom is -0.479 e. The van der Waals surface area contributed by atoms with Crippen LogP contribution in [0.2, 0.25) is 0 Å². The molecule has 0 aliphatic heterocycles. The maximum absolute atomic E-state index is 10.1. The summed E-state index contributed by atoms with van der Waals surface area (Å²) in [4.78, 5) is 14.3. The van der Waals surface area contributed by atoms with Gasteiger partial charge in [0.2, 0.25) is 0 Å². The molecule has 46 valence electrons. The standard InChI is InChI=1S/C4H7NO3/c5-8-4(1-2-4)3(6)7/h1-2,5H2,(H,6,7). The summed E-state index contributed by atoms with van der Waals surface area (Å²) in [5, 5.41) is 8.30. The van der Waals surface area contributed by atoms with Gasteiger partial charge in [-0.3, -0.25) is 4.84 Å². The number of nitrogens with two attached hydrogens (primary N) is 1. The van der Waals surface area contributed by atoms with Crippen molar-refractivity contribution in [1.82, 2.24) is 0 Å². The van der Waals surface area contributed by atoms with Crippen LogP contribution in [0.5, 0.6) is 0 Å². The molecule has 1 rings (SSSR count). The zero-order valence-corrected chi connectivity index (χ0v) is 4.26. The fraction of sp³-hybridized carbons (Fsp3) is 0.750. The third-order valence-corrected chi connectivity index (χ3v) is 1.32. The Hall–Kier alpha value is -0.610. The zero-order chi connectivity index (χ0) is 6.20. The lowest BCUT2D eigenvalue weighted by molar-refractivity contribution is -0.153. The molecule has 0 heterocycles. The van der Waals surface area contributed by atoms with Crippen molar-refractivity contribution in [3.05, 3.63) is 0 Å². The highest BCUT2D eigenvalue weighted by Crippen LogP contribution is 2.37. The fourth-order valence-corrected chi connectivity index (χ4v) is 0.496. The quantitative estimate of drug-likeness (QED) is 0.478. The first-order chi connectivity index (χ1) is 3.71. The largest absolute Gasteiger partial charge is 0.479 e. The minimum absolute atomic E-state index is 0.541. The number of rotatable bonds is 2. The van der Waals surface area contributed by atoms with E-state index < -0.39 is 11.6 Å². The molecule has 0 aromatic carbocycles. The highest BCUT2D eigenvalue weighted by Gasteiger charge is 2.52. The first kappa shape index (κ1) is 5.53. The Morgan fingerprint density at radius 3 is 2.25 bits per heavy atom. The molecule has 1 aliphatic carbocycles. The van der Waals surface area contributed by atoms with Crippen molar-refractivity contribution in [2.24, 2.45) is 5.90 Å². The van der Waals surface area contributed by atoms with Crippen LogP contribution in [-0.2, 0) is 9.63 Å². The van der Waals surface area contributed by atoms with Gasteiger partial charge in [0.05, 0.1) is 0 Å². The summed E-state index contributed by atoms with van der Waals surface area (Å²) >= 11 is 0. The lowest BCUT2D eigenvalue weighted by atomic mass is 10.4. The van der Waals surface area contributed by atoms with Crippen LogP contribution in [0.15, 0.2) is 0 Å². The van der Waals surface area contributed by atoms with Gasteiger partial charge in [0.15, 0.2) is 5.60 Å². The highest BCUT2D eigenvalue weighted by atomic mass is 16.7. The molecule has 1 aliphatic rings. The van der Waals surface area contributed by atoms with E-state index in [1.807, 2.05) is 0 Å². The van der Waals surface area contributed by atoms with Crippen molar-refractivity contribution >= 4 is 5.97 Å². The maximum atomic E-state index is 10.1. The third kappa shape index (κ3) is 0.579. The summed E-state index contributed by atoms with van der Waals surface area (Å²) in [5.41, 5.74) is -1.01. The topological polar surface area (TPSA) is 72.5 Å². The fourth-order valence-electron chi connectivity index (χ4n) is 0.496. The van der Waals surface area contributed by atoms with E-state index in [0.29, 0.717) is 12.8 Å². The van der Waals surface area contributed by atoms with E-state index >= 15 is 0 Å². The summed E-state index contributed by atoms with van der Waals surface area (Å²) in [7, 11) is 0. The number of aliphatic carboxylic acids is 1. The molecule has 0 aromatic rings. The molecule has 0 spiro atoms. The second-order valence-corrected chi connectivity index (χ2v) is 1.92. The first-order valence-electron chi connectivity index (χ1n) is 2.32. The first-order valence-corrected chi connectivity index (χ1v) is 2.32. The molecule has 0 saturated heterocycles. The van der Waals surface area contributed by atoms with Crippen molar-refractivity contribution < 1.29 is 14.7 Å². The molecule has 0 atom stereocenters. The van der Waals surface area contributed by atoms with Gasteiger partial charge in [-0.2, -0.15) is 0 Å². The van der Waals surface area contributed by atoms with Crippen molar-refractivity contribution in [1.29, 1.82) is 0 Å². The van der Waals surface area contributed by atoms with Gasteiger partial charge in [-0.1, -0.05) is 0 Å². The number of carboxylic acids is 1. The Morgan fingerprint density at radius 1 is 1.75 bits per heavy atom. The van der Waals surface area contributed by atoms with Crippen molar-refractivity contribution in [3.63, 3.8) is 0 Å². The monoisotopic (exact) mass is 117 g/mol. The van der Waals surface area contributed by atoms with Gasteiger partial charge >= 0.3 is 5.97 Å². The molecule has 8 heavy (non-hydrogen) atoms. The Labute approximate surface area is 46.2 Å². The number of carboxylic acid groups (broad SMARTS) is 1. The van der Waals surface area contributed by atoms with E-state index in [1.54, 1.807) is 0 Å². The van der Waals surface area contributed by atoms with Gasteiger partial charge in [0, 0.05) is 0 Å². The third-order valence-electron chi connectivity index (χ3n) is 1.32. The molecule has 4 heteroatoms. The van der Waals surface area contributed by atoms with Crippen LogP contribution in [0.1, 0.15) is 12.8 Å². The molecule has 0 radical (unpaired) electrons. The summed E-state index contributed by atoms with van der Waals surface area (Å²) in [6, 6.07) is 0. The molecule has 0 aromatic heterocycles.